The number of carbonyl (C=O) groups is 2. The van der Waals surface area contributed by atoms with Gasteiger partial charge in [-0.3, -0.25) is 14.6 Å². The van der Waals surface area contributed by atoms with Crippen LogP contribution in [0.2, 0.25) is 5.02 Å². The van der Waals surface area contributed by atoms with Crippen molar-refractivity contribution in [3.63, 3.8) is 0 Å². The molecule has 3 aromatic carbocycles. The Kier molecular flexibility index (Phi) is 7.99. The number of nitrogens with one attached hydrogen (secondary N) is 1. The van der Waals surface area contributed by atoms with Crippen LogP contribution >= 0.6 is 11.6 Å². The summed E-state index contributed by atoms with van der Waals surface area (Å²) in [6.45, 7) is 3.22. The molecule has 0 unspecified atom stereocenters. The quantitative estimate of drug-likeness (QED) is 0.229. The van der Waals surface area contributed by atoms with E-state index in [1.165, 1.54) is 0 Å². The first-order chi connectivity index (χ1) is 20.9. The van der Waals surface area contributed by atoms with Crippen molar-refractivity contribution in [1.29, 1.82) is 0 Å². The molecule has 2 aromatic heterocycles. The minimum atomic E-state index is -0.237. The molecule has 1 aliphatic rings. The number of aryl methyl sites for hydroxylation is 1. The second-order valence-corrected chi connectivity index (χ2v) is 10.9. The summed E-state index contributed by atoms with van der Waals surface area (Å²) in [5.74, 6) is 0.0379. The number of pyridine rings is 1. The molecular weight excluding hydrogens is 560 g/mol. The van der Waals surface area contributed by atoms with Gasteiger partial charge < -0.3 is 19.5 Å². The lowest BCUT2D eigenvalue weighted by Crippen LogP contribution is -2.31. The van der Waals surface area contributed by atoms with Crippen LogP contribution in [0.15, 0.2) is 97.2 Å². The largest absolute Gasteiger partial charge is 0.496 e. The van der Waals surface area contributed by atoms with Gasteiger partial charge in [0, 0.05) is 46.8 Å². The van der Waals surface area contributed by atoms with E-state index < -0.39 is 0 Å². The van der Waals surface area contributed by atoms with Gasteiger partial charge in [0.15, 0.2) is 0 Å². The summed E-state index contributed by atoms with van der Waals surface area (Å²) in [6, 6.07) is 28.7. The number of aromatic nitrogens is 2. The van der Waals surface area contributed by atoms with Crippen molar-refractivity contribution in [1.82, 2.24) is 14.9 Å². The predicted molar refractivity (Wildman–Crippen MR) is 169 cm³/mol. The second-order valence-electron chi connectivity index (χ2n) is 10.5. The van der Waals surface area contributed by atoms with Gasteiger partial charge in [-0.05, 0) is 66.1 Å². The summed E-state index contributed by atoms with van der Waals surface area (Å²) in [4.78, 5) is 33.6. The van der Waals surface area contributed by atoms with Crippen LogP contribution in [0.1, 0.15) is 43.4 Å². The minimum absolute atomic E-state index is 0.167. The topological polar surface area (TPSA) is 76.5 Å². The van der Waals surface area contributed by atoms with E-state index >= 15 is 0 Å². The summed E-state index contributed by atoms with van der Waals surface area (Å²) in [5, 5.41) is 3.49. The number of amides is 2. The van der Waals surface area contributed by atoms with E-state index in [1.54, 1.807) is 24.3 Å². The third-order valence-electron chi connectivity index (χ3n) is 7.83. The van der Waals surface area contributed by atoms with Gasteiger partial charge in [0.25, 0.3) is 11.8 Å². The number of para-hydroxylation sites is 1. The fourth-order valence-corrected chi connectivity index (χ4v) is 5.86. The Balaban J connectivity index is 1.31. The lowest BCUT2D eigenvalue weighted by molar-refractivity contribution is 0.0944. The molecule has 6 rings (SSSR count). The number of ether oxygens (including phenoxy) is 1. The summed E-state index contributed by atoms with van der Waals surface area (Å²) < 4.78 is 7.72. The third-order valence-corrected chi connectivity index (χ3v) is 8.14. The summed E-state index contributed by atoms with van der Waals surface area (Å²) in [6.07, 6.45) is 2.38. The molecule has 0 fully saturated rings. The molecule has 0 radical (unpaired) electrons. The van der Waals surface area contributed by atoms with Crippen molar-refractivity contribution in [3.8, 4) is 16.9 Å². The van der Waals surface area contributed by atoms with Crippen molar-refractivity contribution in [2.24, 2.45) is 0 Å². The average molecular weight is 591 g/mol. The summed E-state index contributed by atoms with van der Waals surface area (Å²) in [5.41, 5.74) is 7.24. The first-order valence-electron chi connectivity index (χ1n) is 14.1. The molecule has 0 atom stereocenters. The standard InChI is InChI=1S/C35H31ClN4O3/c1-23-9-3-5-12-27(23)28-20-33(43-2)29(19-30(28)36)35(42)40-22-26-14-15-32(39(26)21-24-10-4-6-13-31(24)40)34(41)38-18-16-25-11-7-8-17-37-25/h3-15,17,19-20H,16,18,21-22H2,1-2H3,(H,38,41). The highest BCUT2D eigenvalue weighted by atomic mass is 35.5. The molecule has 0 spiro atoms. The van der Waals surface area contributed by atoms with Crippen molar-refractivity contribution in [2.45, 2.75) is 26.4 Å². The molecule has 43 heavy (non-hydrogen) atoms. The number of halogens is 1. The number of benzene rings is 3. The first-order valence-corrected chi connectivity index (χ1v) is 14.5. The molecule has 8 heteroatoms. The number of rotatable bonds is 7. The zero-order valence-corrected chi connectivity index (χ0v) is 24.8. The van der Waals surface area contributed by atoms with Crippen molar-refractivity contribution >= 4 is 29.1 Å². The number of anilines is 1. The molecule has 216 valence electrons. The van der Waals surface area contributed by atoms with E-state index in [1.807, 2.05) is 96.4 Å². The number of methoxy groups -OCH3 is 1. The van der Waals surface area contributed by atoms with Crippen LogP contribution < -0.4 is 15.0 Å². The Labute approximate surface area is 255 Å². The maximum absolute atomic E-state index is 14.3. The molecule has 0 aliphatic carbocycles. The van der Waals surface area contributed by atoms with Crippen LogP contribution in [0.25, 0.3) is 11.1 Å². The number of carbonyl (C=O) groups excluding carboxylic acids is 2. The molecule has 1 aliphatic heterocycles. The second kappa shape index (κ2) is 12.2. The summed E-state index contributed by atoms with van der Waals surface area (Å²) in [7, 11) is 1.56. The lowest BCUT2D eigenvalue weighted by Gasteiger charge is -2.24. The van der Waals surface area contributed by atoms with E-state index in [4.69, 9.17) is 16.3 Å². The Morgan fingerprint density at radius 3 is 2.51 bits per heavy atom. The van der Waals surface area contributed by atoms with Crippen molar-refractivity contribution in [2.75, 3.05) is 18.6 Å². The molecule has 1 N–H and O–H groups in total. The van der Waals surface area contributed by atoms with Gasteiger partial charge in [0.05, 0.1) is 25.8 Å². The number of hydrogen-bond donors (Lipinski definition) is 1. The smallest absolute Gasteiger partial charge is 0.267 e. The van der Waals surface area contributed by atoms with Gasteiger partial charge in [-0.2, -0.15) is 0 Å². The van der Waals surface area contributed by atoms with E-state index in [2.05, 4.69) is 10.3 Å². The van der Waals surface area contributed by atoms with E-state index in [0.717, 1.165) is 39.3 Å². The lowest BCUT2D eigenvalue weighted by atomic mass is 9.98. The van der Waals surface area contributed by atoms with Gasteiger partial charge in [-0.25, -0.2) is 0 Å². The Morgan fingerprint density at radius 1 is 0.930 bits per heavy atom. The van der Waals surface area contributed by atoms with Crippen LogP contribution in [0.5, 0.6) is 5.75 Å². The highest BCUT2D eigenvalue weighted by Gasteiger charge is 2.29. The number of nitrogens with zero attached hydrogens (tertiary/aromatic N) is 3. The van der Waals surface area contributed by atoms with Gasteiger partial charge >= 0.3 is 0 Å². The van der Waals surface area contributed by atoms with E-state index in [9.17, 15) is 9.59 Å². The van der Waals surface area contributed by atoms with Gasteiger partial charge in [0.2, 0.25) is 0 Å². The Hall–Kier alpha value is -4.88. The SMILES string of the molecule is COc1cc(-c2ccccc2C)c(Cl)cc1C(=O)N1Cc2ccc(C(=O)NCCc3ccccn3)n2Cc2ccccc21. The number of hydrogen-bond acceptors (Lipinski definition) is 4. The fraction of sp³-hybridized carbons (Fsp3) is 0.171. The van der Waals surface area contributed by atoms with E-state index in [-0.39, 0.29) is 18.4 Å². The monoisotopic (exact) mass is 590 g/mol. The van der Waals surface area contributed by atoms with Crippen molar-refractivity contribution in [3.05, 3.63) is 136 Å². The molecule has 0 saturated carbocycles. The highest BCUT2D eigenvalue weighted by Crippen LogP contribution is 2.38. The zero-order chi connectivity index (χ0) is 29.9. The van der Waals surface area contributed by atoms with Crippen LogP contribution in [-0.2, 0) is 19.5 Å². The van der Waals surface area contributed by atoms with Gasteiger partial charge in [-0.1, -0.05) is 60.1 Å². The molecule has 7 nitrogen and oxygen atoms in total. The summed E-state index contributed by atoms with van der Waals surface area (Å²) >= 11 is 6.80. The molecule has 2 amide bonds. The van der Waals surface area contributed by atoms with Gasteiger partial charge in [0.1, 0.15) is 11.4 Å². The number of fused-ring (bicyclic) bond motifs is 2. The average Bonchev–Trinajstić information content (AvgIpc) is 3.34. The maximum Gasteiger partial charge on any atom is 0.267 e. The third kappa shape index (κ3) is 5.64. The zero-order valence-electron chi connectivity index (χ0n) is 24.0. The molecule has 0 bridgehead atoms. The van der Waals surface area contributed by atoms with Crippen LogP contribution in [0, 0.1) is 6.92 Å². The molecule has 3 heterocycles. The molecule has 5 aromatic rings. The van der Waals surface area contributed by atoms with E-state index in [0.29, 0.717) is 41.5 Å². The van der Waals surface area contributed by atoms with Crippen LogP contribution in [0.3, 0.4) is 0 Å². The van der Waals surface area contributed by atoms with Crippen LogP contribution in [0.4, 0.5) is 5.69 Å². The normalized spacial score (nSPS) is 12.2. The Morgan fingerprint density at radius 2 is 1.72 bits per heavy atom. The van der Waals surface area contributed by atoms with Crippen molar-refractivity contribution < 1.29 is 14.3 Å². The Bertz CT molecular complexity index is 1820. The fourth-order valence-electron chi connectivity index (χ4n) is 5.60. The maximum atomic E-state index is 14.3. The molecule has 0 saturated heterocycles. The first kappa shape index (κ1) is 28.2. The highest BCUT2D eigenvalue weighted by molar-refractivity contribution is 6.34. The molecular formula is C35H31ClN4O3. The predicted octanol–water partition coefficient (Wildman–Crippen LogP) is 6.70. The van der Waals surface area contributed by atoms with Gasteiger partial charge in [-0.15, -0.1) is 0 Å². The van der Waals surface area contributed by atoms with Crippen LogP contribution in [-0.4, -0.2) is 35.0 Å². The minimum Gasteiger partial charge on any atom is -0.496 e.